The molecule has 7 heteroatoms. The van der Waals surface area contributed by atoms with Crippen molar-refractivity contribution >= 4 is 11.8 Å². The maximum Gasteiger partial charge on any atom is 0.416 e. The summed E-state index contributed by atoms with van der Waals surface area (Å²) in [5.74, 6) is 1.80. The minimum atomic E-state index is -4.36. The molecule has 0 radical (unpaired) electrons. The molecule has 1 heterocycles. The number of alkyl halides is 3. The van der Waals surface area contributed by atoms with E-state index in [9.17, 15) is 13.2 Å². The molecule has 0 aliphatic rings. The van der Waals surface area contributed by atoms with E-state index in [1.54, 1.807) is 12.1 Å². The van der Waals surface area contributed by atoms with Gasteiger partial charge >= 0.3 is 6.18 Å². The van der Waals surface area contributed by atoms with Crippen LogP contribution in [0.3, 0.4) is 0 Å². The number of nitrogens with zero attached hydrogens (tertiary/aromatic N) is 2. The Morgan fingerprint density at radius 1 is 1.00 bits per heavy atom. The number of hydrogen-bond donors (Lipinski definition) is 0. The Morgan fingerprint density at radius 3 is 2.47 bits per heavy atom. The van der Waals surface area contributed by atoms with Crippen molar-refractivity contribution in [2.45, 2.75) is 50.2 Å². The summed E-state index contributed by atoms with van der Waals surface area (Å²) in [4.78, 5) is 8.96. The van der Waals surface area contributed by atoms with Gasteiger partial charge in [0.1, 0.15) is 5.75 Å². The number of aryl methyl sites for hydroxylation is 1. The summed E-state index contributed by atoms with van der Waals surface area (Å²) in [6.45, 7) is 6.17. The van der Waals surface area contributed by atoms with E-state index in [4.69, 9.17) is 4.74 Å². The van der Waals surface area contributed by atoms with E-state index in [1.165, 1.54) is 17.8 Å². The van der Waals surface area contributed by atoms with Crippen LogP contribution in [0.1, 0.15) is 49.1 Å². The summed E-state index contributed by atoms with van der Waals surface area (Å²) in [6.07, 6.45) is -3.66. The molecule has 0 saturated carbocycles. The summed E-state index contributed by atoms with van der Waals surface area (Å²) >= 11 is 1.29. The molecule has 0 bridgehead atoms. The summed E-state index contributed by atoms with van der Waals surface area (Å²) < 4.78 is 44.8. The van der Waals surface area contributed by atoms with Crippen molar-refractivity contribution in [1.82, 2.24) is 9.97 Å². The number of hydrogen-bond acceptors (Lipinski definition) is 4. The van der Waals surface area contributed by atoms with E-state index >= 15 is 0 Å². The summed E-state index contributed by atoms with van der Waals surface area (Å²) in [5, 5.41) is 0.476. The number of benzene rings is 2. The third-order valence-electron chi connectivity index (χ3n) is 4.48. The van der Waals surface area contributed by atoms with E-state index < -0.39 is 11.7 Å². The molecule has 0 aliphatic carbocycles. The van der Waals surface area contributed by atoms with E-state index in [0.29, 0.717) is 34.7 Å². The first-order valence-electron chi connectivity index (χ1n) is 9.70. The number of thioether (sulfide) groups is 1. The number of halogens is 3. The van der Waals surface area contributed by atoms with Crippen LogP contribution in [-0.2, 0) is 18.3 Å². The smallest absolute Gasteiger partial charge is 0.416 e. The van der Waals surface area contributed by atoms with Gasteiger partial charge in [-0.3, -0.25) is 0 Å². The highest BCUT2D eigenvalue weighted by atomic mass is 32.2. The molecule has 0 amide bonds. The number of aromatic nitrogens is 2. The first kappa shape index (κ1) is 22.2. The first-order chi connectivity index (χ1) is 14.3. The topological polar surface area (TPSA) is 35.0 Å². The molecule has 0 N–H and O–H groups in total. The summed E-state index contributed by atoms with van der Waals surface area (Å²) in [7, 11) is 0. The van der Waals surface area contributed by atoms with Gasteiger partial charge in [-0.15, -0.1) is 0 Å². The average molecular weight is 433 g/mol. The fourth-order valence-electron chi connectivity index (χ4n) is 2.90. The average Bonchev–Trinajstić information content (AvgIpc) is 2.72. The lowest BCUT2D eigenvalue weighted by Crippen LogP contribution is -2.05. The third kappa shape index (κ3) is 5.75. The molecular weight excluding hydrogens is 409 g/mol. The molecule has 0 unspecified atom stereocenters. The van der Waals surface area contributed by atoms with Gasteiger partial charge in [-0.05, 0) is 35.6 Å². The highest BCUT2D eigenvalue weighted by Gasteiger charge is 2.30. The van der Waals surface area contributed by atoms with Gasteiger partial charge in [-0.1, -0.05) is 68.9 Å². The number of para-hydroxylation sites is 1. The van der Waals surface area contributed by atoms with Crippen LogP contribution >= 0.6 is 11.8 Å². The predicted molar refractivity (Wildman–Crippen MR) is 113 cm³/mol. The van der Waals surface area contributed by atoms with Crippen LogP contribution in [-0.4, -0.2) is 9.97 Å². The normalized spacial score (nSPS) is 11.7. The van der Waals surface area contributed by atoms with Gasteiger partial charge in [0.15, 0.2) is 5.16 Å². The predicted octanol–water partition coefficient (Wildman–Crippen LogP) is 7.27. The second-order valence-corrected chi connectivity index (χ2v) is 8.06. The maximum atomic E-state index is 12.9. The summed E-state index contributed by atoms with van der Waals surface area (Å²) in [6, 6.07) is 14.9. The quantitative estimate of drug-likeness (QED) is 0.291. The molecule has 0 spiro atoms. The van der Waals surface area contributed by atoms with Crippen molar-refractivity contribution in [3.63, 3.8) is 0 Å². The van der Waals surface area contributed by atoms with Crippen molar-refractivity contribution in [3.05, 3.63) is 77.0 Å². The molecule has 0 aliphatic heterocycles. The Morgan fingerprint density at radius 2 is 1.77 bits per heavy atom. The third-order valence-corrected chi connectivity index (χ3v) is 5.39. The van der Waals surface area contributed by atoms with Crippen LogP contribution in [0.15, 0.2) is 59.8 Å². The Balaban J connectivity index is 1.80. The Hall–Kier alpha value is -2.54. The van der Waals surface area contributed by atoms with Crippen molar-refractivity contribution in [1.29, 1.82) is 0 Å². The van der Waals surface area contributed by atoms with E-state index in [1.807, 2.05) is 31.2 Å². The minimum Gasteiger partial charge on any atom is -0.439 e. The molecule has 1 aromatic heterocycles. The molecule has 3 nitrogen and oxygen atoms in total. The van der Waals surface area contributed by atoms with Crippen LogP contribution in [0.5, 0.6) is 11.6 Å². The van der Waals surface area contributed by atoms with Crippen LogP contribution in [0.25, 0.3) is 0 Å². The highest BCUT2D eigenvalue weighted by molar-refractivity contribution is 7.98. The van der Waals surface area contributed by atoms with Gasteiger partial charge in [0.25, 0.3) is 0 Å². The lowest BCUT2D eigenvalue weighted by molar-refractivity contribution is -0.137. The molecule has 158 valence electrons. The van der Waals surface area contributed by atoms with Crippen LogP contribution in [0, 0.1) is 0 Å². The molecular formula is C23H23F3N2OS. The molecule has 0 fully saturated rings. The van der Waals surface area contributed by atoms with Crippen molar-refractivity contribution in [3.8, 4) is 11.6 Å². The van der Waals surface area contributed by atoms with Crippen LogP contribution in [0.2, 0.25) is 0 Å². The lowest BCUT2D eigenvalue weighted by atomic mass is 10.0. The zero-order valence-corrected chi connectivity index (χ0v) is 17.8. The molecule has 30 heavy (non-hydrogen) atoms. The Kier molecular flexibility index (Phi) is 7.02. The van der Waals surface area contributed by atoms with Crippen molar-refractivity contribution in [2.75, 3.05) is 0 Å². The van der Waals surface area contributed by atoms with Gasteiger partial charge in [-0.25, -0.2) is 4.98 Å². The Labute approximate surface area is 178 Å². The summed E-state index contributed by atoms with van der Waals surface area (Å²) in [5.41, 5.74) is 1.80. The van der Waals surface area contributed by atoms with E-state index in [-0.39, 0.29) is 0 Å². The van der Waals surface area contributed by atoms with E-state index in [2.05, 4.69) is 23.8 Å². The number of rotatable bonds is 7. The first-order valence-corrected chi connectivity index (χ1v) is 10.7. The highest BCUT2D eigenvalue weighted by Crippen LogP contribution is 2.32. The largest absolute Gasteiger partial charge is 0.439 e. The minimum absolute atomic E-state index is 0.295. The standard InChI is InChI=1S/C23H23F3N2OS/c1-4-18-13-21(29-20-11-6-5-10-19(20)15(2)3)28-22(27-18)30-14-16-8-7-9-17(12-16)23(24,25)26/h5-13,15H,4,14H2,1-3H3. The zero-order valence-electron chi connectivity index (χ0n) is 17.0. The zero-order chi connectivity index (χ0) is 21.7. The van der Waals surface area contributed by atoms with Crippen LogP contribution < -0.4 is 4.74 Å². The van der Waals surface area contributed by atoms with Crippen molar-refractivity contribution < 1.29 is 17.9 Å². The second-order valence-electron chi connectivity index (χ2n) is 7.12. The Bertz CT molecular complexity index is 1010. The lowest BCUT2D eigenvalue weighted by Gasteiger charge is -2.14. The molecule has 2 aromatic carbocycles. The van der Waals surface area contributed by atoms with Crippen LogP contribution in [0.4, 0.5) is 13.2 Å². The van der Waals surface area contributed by atoms with E-state index in [0.717, 1.165) is 29.1 Å². The molecule has 0 saturated heterocycles. The number of ether oxygens (including phenoxy) is 1. The molecule has 3 aromatic rings. The van der Waals surface area contributed by atoms with Gasteiger partial charge in [-0.2, -0.15) is 18.2 Å². The fourth-order valence-corrected chi connectivity index (χ4v) is 3.71. The molecule has 3 rings (SSSR count). The maximum absolute atomic E-state index is 12.9. The molecule has 0 atom stereocenters. The SMILES string of the molecule is CCc1cc(Oc2ccccc2C(C)C)nc(SCc2cccc(C(F)(F)F)c2)n1. The van der Waals surface area contributed by atoms with Gasteiger partial charge < -0.3 is 4.74 Å². The second kappa shape index (κ2) is 9.51. The van der Waals surface area contributed by atoms with Gasteiger partial charge in [0.2, 0.25) is 5.88 Å². The van der Waals surface area contributed by atoms with Crippen molar-refractivity contribution in [2.24, 2.45) is 0 Å². The van der Waals surface area contributed by atoms with Gasteiger partial charge in [0.05, 0.1) is 5.56 Å². The monoisotopic (exact) mass is 432 g/mol. The fraction of sp³-hybridized carbons (Fsp3) is 0.304. The van der Waals surface area contributed by atoms with Gasteiger partial charge in [0, 0.05) is 17.5 Å².